The van der Waals surface area contributed by atoms with Crippen molar-refractivity contribution < 1.29 is 9.53 Å². The summed E-state index contributed by atoms with van der Waals surface area (Å²) < 4.78 is 5.48. The van der Waals surface area contributed by atoms with Crippen molar-refractivity contribution >= 4 is 5.91 Å². The zero-order valence-electron chi connectivity index (χ0n) is 8.79. The van der Waals surface area contributed by atoms with Crippen molar-refractivity contribution in [3.05, 3.63) is 0 Å². The van der Waals surface area contributed by atoms with Crippen molar-refractivity contribution in [1.29, 1.82) is 0 Å². The Bertz CT molecular complexity index is 211. The van der Waals surface area contributed by atoms with Crippen LogP contribution in [0, 0.1) is 11.8 Å². The molecular formula is C11H19NO2. The fourth-order valence-electron chi connectivity index (χ4n) is 2.73. The van der Waals surface area contributed by atoms with Crippen LogP contribution in [0.1, 0.15) is 32.6 Å². The van der Waals surface area contributed by atoms with Crippen molar-refractivity contribution in [2.75, 3.05) is 13.2 Å². The van der Waals surface area contributed by atoms with Gasteiger partial charge in [-0.25, -0.2) is 0 Å². The molecular weight excluding hydrogens is 178 g/mol. The molecule has 3 heteroatoms. The van der Waals surface area contributed by atoms with Crippen molar-refractivity contribution in [3.8, 4) is 0 Å². The number of ether oxygens (including phenoxy) is 1. The van der Waals surface area contributed by atoms with Crippen LogP contribution in [0.15, 0.2) is 0 Å². The maximum atomic E-state index is 11.3. The second kappa shape index (κ2) is 4.30. The van der Waals surface area contributed by atoms with Crippen LogP contribution in [-0.2, 0) is 9.53 Å². The minimum absolute atomic E-state index is 0.229. The molecule has 3 nitrogen and oxygen atoms in total. The van der Waals surface area contributed by atoms with Gasteiger partial charge in [0.25, 0.3) is 0 Å². The maximum Gasteiger partial charge on any atom is 0.220 e. The lowest BCUT2D eigenvalue weighted by molar-refractivity contribution is -0.119. The standard InChI is InChI=1S/C11H19NO2/c1-2-10-9(6-11(13)12-10)8-4-3-5-14-7-8/h8-10H,2-7H2,1H3,(H,12,13). The summed E-state index contributed by atoms with van der Waals surface area (Å²) in [6, 6.07) is 0.397. The number of carbonyl (C=O) groups is 1. The summed E-state index contributed by atoms with van der Waals surface area (Å²) in [5.74, 6) is 1.35. The molecule has 3 atom stereocenters. The van der Waals surface area contributed by atoms with E-state index in [1.807, 2.05) is 0 Å². The smallest absolute Gasteiger partial charge is 0.220 e. The molecule has 14 heavy (non-hydrogen) atoms. The zero-order chi connectivity index (χ0) is 9.97. The van der Waals surface area contributed by atoms with E-state index in [1.165, 1.54) is 6.42 Å². The summed E-state index contributed by atoms with van der Waals surface area (Å²) in [6.07, 6.45) is 4.15. The predicted octanol–water partition coefficient (Wildman–Crippen LogP) is 1.33. The quantitative estimate of drug-likeness (QED) is 0.725. The summed E-state index contributed by atoms with van der Waals surface area (Å²) in [7, 11) is 0. The molecule has 0 aromatic rings. The van der Waals surface area contributed by atoms with Gasteiger partial charge in [0.05, 0.1) is 0 Å². The SMILES string of the molecule is CCC1NC(=O)CC1C1CCCOC1. The van der Waals surface area contributed by atoms with Crippen LogP contribution in [0.3, 0.4) is 0 Å². The lowest BCUT2D eigenvalue weighted by atomic mass is 9.82. The molecule has 0 bridgehead atoms. The lowest BCUT2D eigenvalue weighted by Gasteiger charge is -2.30. The first-order valence-electron chi connectivity index (χ1n) is 5.68. The second-order valence-corrected chi connectivity index (χ2v) is 4.43. The third kappa shape index (κ3) is 1.92. The molecule has 0 aromatic heterocycles. The summed E-state index contributed by atoms with van der Waals surface area (Å²) in [6.45, 7) is 3.91. The third-order valence-corrected chi connectivity index (χ3v) is 3.53. The van der Waals surface area contributed by atoms with Crippen molar-refractivity contribution in [3.63, 3.8) is 0 Å². The van der Waals surface area contributed by atoms with Gasteiger partial charge in [-0.1, -0.05) is 6.92 Å². The third-order valence-electron chi connectivity index (χ3n) is 3.53. The van der Waals surface area contributed by atoms with E-state index in [4.69, 9.17) is 4.74 Å². The topological polar surface area (TPSA) is 38.3 Å². The van der Waals surface area contributed by atoms with Gasteiger partial charge in [0.2, 0.25) is 5.91 Å². The molecule has 2 aliphatic rings. The van der Waals surface area contributed by atoms with E-state index in [-0.39, 0.29) is 5.91 Å². The van der Waals surface area contributed by atoms with E-state index in [0.29, 0.717) is 24.3 Å². The first kappa shape index (κ1) is 9.97. The Morgan fingerprint density at radius 2 is 2.43 bits per heavy atom. The van der Waals surface area contributed by atoms with E-state index in [2.05, 4.69) is 12.2 Å². The number of amides is 1. The van der Waals surface area contributed by atoms with Gasteiger partial charge in [-0.2, -0.15) is 0 Å². The largest absolute Gasteiger partial charge is 0.381 e. The molecule has 2 fully saturated rings. The molecule has 1 amide bonds. The molecule has 1 N–H and O–H groups in total. The maximum absolute atomic E-state index is 11.3. The van der Waals surface area contributed by atoms with Crippen molar-refractivity contribution in [2.24, 2.45) is 11.8 Å². The molecule has 80 valence electrons. The highest BCUT2D eigenvalue weighted by atomic mass is 16.5. The van der Waals surface area contributed by atoms with Gasteiger partial charge in [-0.3, -0.25) is 4.79 Å². The van der Waals surface area contributed by atoms with Crippen molar-refractivity contribution in [1.82, 2.24) is 5.32 Å². The summed E-state index contributed by atoms with van der Waals surface area (Å²) in [5, 5.41) is 3.06. The first-order chi connectivity index (χ1) is 6.81. The van der Waals surface area contributed by atoms with E-state index in [0.717, 1.165) is 26.1 Å². The molecule has 2 saturated heterocycles. The van der Waals surface area contributed by atoms with Gasteiger partial charge in [0, 0.05) is 25.7 Å². The average molecular weight is 197 g/mol. The van der Waals surface area contributed by atoms with Crippen LogP contribution in [0.2, 0.25) is 0 Å². The Kier molecular flexibility index (Phi) is 3.06. The second-order valence-electron chi connectivity index (χ2n) is 4.43. The fourth-order valence-corrected chi connectivity index (χ4v) is 2.73. The van der Waals surface area contributed by atoms with Crippen LogP contribution in [0.25, 0.3) is 0 Å². The Balaban J connectivity index is 1.97. The Morgan fingerprint density at radius 3 is 3.07 bits per heavy atom. The highest BCUT2D eigenvalue weighted by Gasteiger charge is 2.37. The highest BCUT2D eigenvalue weighted by Crippen LogP contribution is 2.32. The van der Waals surface area contributed by atoms with Crippen molar-refractivity contribution in [2.45, 2.75) is 38.6 Å². The average Bonchev–Trinajstić information content (AvgIpc) is 2.61. The van der Waals surface area contributed by atoms with E-state index < -0.39 is 0 Å². The summed E-state index contributed by atoms with van der Waals surface area (Å²) in [5.41, 5.74) is 0. The van der Waals surface area contributed by atoms with Gasteiger partial charge in [0.15, 0.2) is 0 Å². The minimum Gasteiger partial charge on any atom is -0.381 e. The molecule has 2 aliphatic heterocycles. The molecule has 0 spiro atoms. The van der Waals surface area contributed by atoms with Gasteiger partial charge in [-0.05, 0) is 31.1 Å². The molecule has 0 aromatic carbocycles. The van der Waals surface area contributed by atoms with Gasteiger partial charge >= 0.3 is 0 Å². The Morgan fingerprint density at radius 1 is 1.57 bits per heavy atom. The number of nitrogens with one attached hydrogen (secondary N) is 1. The highest BCUT2D eigenvalue weighted by molar-refractivity contribution is 5.79. The fraction of sp³-hybridized carbons (Fsp3) is 0.909. The van der Waals surface area contributed by atoms with E-state index >= 15 is 0 Å². The van der Waals surface area contributed by atoms with Gasteiger partial charge in [0.1, 0.15) is 0 Å². The Labute approximate surface area is 85.2 Å². The number of carbonyl (C=O) groups excluding carboxylic acids is 1. The van der Waals surface area contributed by atoms with Crippen LogP contribution in [-0.4, -0.2) is 25.2 Å². The molecule has 0 radical (unpaired) electrons. The molecule has 3 unspecified atom stereocenters. The molecule has 0 saturated carbocycles. The van der Waals surface area contributed by atoms with E-state index in [1.54, 1.807) is 0 Å². The molecule has 2 rings (SSSR count). The van der Waals surface area contributed by atoms with Crippen LogP contribution in [0.4, 0.5) is 0 Å². The number of rotatable bonds is 2. The predicted molar refractivity (Wildman–Crippen MR) is 53.9 cm³/mol. The first-order valence-corrected chi connectivity index (χ1v) is 5.68. The van der Waals surface area contributed by atoms with Crippen LogP contribution < -0.4 is 5.32 Å². The number of hydrogen-bond donors (Lipinski definition) is 1. The monoisotopic (exact) mass is 197 g/mol. The molecule has 2 heterocycles. The van der Waals surface area contributed by atoms with Crippen LogP contribution in [0.5, 0.6) is 0 Å². The Hall–Kier alpha value is -0.570. The van der Waals surface area contributed by atoms with Gasteiger partial charge < -0.3 is 10.1 Å². The zero-order valence-corrected chi connectivity index (χ0v) is 8.79. The summed E-state index contributed by atoms with van der Waals surface area (Å²) >= 11 is 0. The minimum atomic E-state index is 0.229. The normalized spacial score (nSPS) is 38.4. The lowest BCUT2D eigenvalue weighted by Crippen LogP contribution is -2.34. The van der Waals surface area contributed by atoms with E-state index in [9.17, 15) is 4.79 Å². The number of hydrogen-bond acceptors (Lipinski definition) is 2. The van der Waals surface area contributed by atoms with Gasteiger partial charge in [-0.15, -0.1) is 0 Å². The summed E-state index contributed by atoms with van der Waals surface area (Å²) in [4.78, 5) is 11.3. The molecule has 0 aliphatic carbocycles. The van der Waals surface area contributed by atoms with Crippen LogP contribution >= 0.6 is 0 Å².